The van der Waals surface area contributed by atoms with Gasteiger partial charge in [0.25, 0.3) is 0 Å². The van der Waals surface area contributed by atoms with Gasteiger partial charge in [0.1, 0.15) is 12.1 Å². The molecular formula is C12H20N2O8. The van der Waals surface area contributed by atoms with Gasteiger partial charge >= 0.3 is 23.9 Å². The Bertz CT molecular complexity index is 374. The Labute approximate surface area is 126 Å². The summed E-state index contributed by atoms with van der Waals surface area (Å²) in [6, 6.07) is -2.08. The second-order valence-electron chi connectivity index (χ2n) is 4.55. The highest BCUT2D eigenvalue weighted by Crippen LogP contribution is 1.99. The molecule has 0 aromatic carbocycles. The molecule has 0 aliphatic carbocycles. The van der Waals surface area contributed by atoms with Crippen molar-refractivity contribution in [2.45, 2.75) is 37.8 Å². The van der Waals surface area contributed by atoms with Gasteiger partial charge in [0.05, 0.1) is 0 Å². The van der Waals surface area contributed by atoms with Crippen molar-refractivity contribution in [3.63, 3.8) is 0 Å². The molecule has 22 heavy (non-hydrogen) atoms. The molecule has 0 aliphatic heterocycles. The van der Waals surface area contributed by atoms with Crippen molar-refractivity contribution in [3.8, 4) is 0 Å². The number of carboxylic acid groups (broad SMARTS) is 4. The van der Waals surface area contributed by atoms with Gasteiger partial charge in [-0.3, -0.25) is 19.2 Å². The van der Waals surface area contributed by atoms with E-state index in [1.165, 1.54) is 0 Å². The number of carboxylic acids is 4. The van der Waals surface area contributed by atoms with Gasteiger partial charge in [0, 0.05) is 25.9 Å². The van der Waals surface area contributed by atoms with Crippen molar-refractivity contribution < 1.29 is 39.6 Å². The Morgan fingerprint density at radius 1 is 0.682 bits per heavy atom. The topological polar surface area (TPSA) is 173 Å². The van der Waals surface area contributed by atoms with E-state index in [2.05, 4.69) is 10.6 Å². The quantitative estimate of drug-likeness (QED) is 0.226. The monoisotopic (exact) mass is 320 g/mol. The molecule has 0 rings (SSSR count). The van der Waals surface area contributed by atoms with Gasteiger partial charge in [0.15, 0.2) is 0 Å². The second kappa shape index (κ2) is 10.5. The Morgan fingerprint density at radius 2 is 1.00 bits per heavy atom. The fourth-order valence-electron chi connectivity index (χ4n) is 1.65. The van der Waals surface area contributed by atoms with Crippen molar-refractivity contribution in [3.05, 3.63) is 0 Å². The smallest absolute Gasteiger partial charge is 0.320 e. The molecule has 0 bridgehead atoms. The molecule has 0 unspecified atom stereocenters. The first-order valence-corrected chi connectivity index (χ1v) is 6.60. The van der Waals surface area contributed by atoms with Crippen LogP contribution in [0.15, 0.2) is 0 Å². The molecule has 126 valence electrons. The first-order chi connectivity index (χ1) is 10.2. The predicted octanol–water partition coefficient (Wildman–Crippen LogP) is -1.20. The summed E-state index contributed by atoms with van der Waals surface area (Å²) < 4.78 is 0. The van der Waals surface area contributed by atoms with E-state index in [4.69, 9.17) is 20.4 Å². The van der Waals surface area contributed by atoms with Crippen LogP contribution >= 0.6 is 0 Å². The lowest BCUT2D eigenvalue weighted by Gasteiger charge is -2.16. The van der Waals surface area contributed by atoms with Crippen LogP contribution in [0.4, 0.5) is 0 Å². The number of aliphatic carboxylic acids is 4. The Morgan fingerprint density at radius 3 is 1.23 bits per heavy atom. The van der Waals surface area contributed by atoms with Gasteiger partial charge in [-0.15, -0.1) is 0 Å². The summed E-state index contributed by atoms with van der Waals surface area (Å²) in [5.74, 6) is -4.60. The molecule has 2 atom stereocenters. The zero-order chi connectivity index (χ0) is 17.1. The molecule has 6 N–H and O–H groups in total. The molecule has 0 saturated heterocycles. The summed E-state index contributed by atoms with van der Waals surface area (Å²) in [6.07, 6.45) is -0.778. The molecule has 0 heterocycles. The molecule has 0 aliphatic rings. The SMILES string of the molecule is O=C(O)CC[C@@H](NCCN[C@H](CCC(=O)O)C(=O)O)C(=O)O. The standard InChI is InChI=1S/C12H20N2O8/c15-9(16)3-1-7(11(19)20)13-5-6-14-8(12(21)22)2-4-10(17)18/h7-8,13-14H,1-6H2,(H,15,16)(H,17,18)(H,19,20)(H,21,22)/t7-,8-/m1/s1. The summed E-state index contributed by atoms with van der Waals surface area (Å²) in [5.41, 5.74) is 0. The predicted molar refractivity (Wildman–Crippen MR) is 72.6 cm³/mol. The highest BCUT2D eigenvalue weighted by Gasteiger charge is 2.20. The van der Waals surface area contributed by atoms with E-state index < -0.39 is 36.0 Å². The summed E-state index contributed by atoms with van der Waals surface area (Å²) in [7, 11) is 0. The van der Waals surface area contributed by atoms with Crippen molar-refractivity contribution in [2.75, 3.05) is 13.1 Å². The minimum absolute atomic E-state index is 0.0912. The average molecular weight is 320 g/mol. The maximum absolute atomic E-state index is 10.9. The van der Waals surface area contributed by atoms with Crippen LogP contribution in [0, 0.1) is 0 Å². The van der Waals surface area contributed by atoms with Gasteiger partial charge in [-0.2, -0.15) is 0 Å². The van der Waals surface area contributed by atoms with Gasteiger partial charge in [-0.1, -0.05) is 0 Å². The first-order valence-electron chi connectivity index (χ1n) is 6.60. The van der Waals surface area contributed by atoms with Crippen molar-refractivity contribution in [2.24, 2.45) is 0 Å². The minimum atomic E-state index is -1.19. The molecule has 0 spiro atoms. The van der Waals surface area contributed by atoms with Crippen LogP contribution in [0.25, 0.3) is 0 Å². The first kappa shape index (κ1) is 19.8. The summed E-state index contributed by atoms with van der Waals surface area (Å²) >= 11 is 0. The fraction of sp³-hybridized carbons (Fsp3) is 0.667. The van der Waals surface area contributed by atoms with Crippen molar-refractivity contribution >= 4 is 23.9 Å². The molecule has 0 aromatic heterocycles. The molecule has 0 saturated carbocycles. The van der Waals surface area contributed by atoms with E-state index in [9.17, 15) is 19.2 Å². The van der Waals surface area contributed by atoms with E-state index in [0.717, 1.165) is 0 Å². The van der Waals surface area contributed by atoms with Gasteiger partial charge in [-0.25, -0.2) is 0 Å². The lowest BCUT2D eigenvalue weighted by atomic mass is 10.1. The van der Waals surface area contributed by atoms with E-state index in [1.54, 1.807) is 0 Å². The average Bonchev–Trinajstić information content (AvgIpc) is 2.39. The molecule has 0 amide bonds. The number of carbonyl (C=O) groups is 4. The highest BCUT2D eigenvalue weighted by atomic mass is 16.4. The number of hydrogen-bond acceptors (Lipinski definition) is 6. The third kappa shape index (κ3) is 9.66. The number of nitrogens with one attached hydrogen (secondary N) is 2. The van der Waals surface area contributed by atoms with Crippen LogP contribution < -0.4 is 10.6 Å². The summed E-state index contributed by atoms with van der Waals surface area (Å²) in [5, 5.41) is 40.0. The summed E-state index contributed by atoms with van der Waals surface area (Å²) in [4.78, 5) is 42.6. The normalized spacial score (nSPS) is 13.3. The highest BCUT2D eigenvalue weighted by molar-refractivity contribution is 5.75. The largest absolute Gasteiger partial charge is 0.481 e. The third-order valence-electron chi connectivity index (χ3n) is 2.80. The van der Waals surface area contributed by atoms with E-state index in [1.807, 2.05) is 0 Å². The molecule has 10 heteroatoms. The molecule has 0 fully saturated rings. The third-order valence-corrected chi connectivity index (χ3v) is 2.80. The minimum Gasteiger partial charge on any atom is -0.481 e. The molecular weight excluding hydrogens is 300 g/mol. The second-order valence-corrected chi connectivity index (χ2v) is 4.55. The lowest BCUT2D eigenvalue weighted by molar-refractivity contribution is -0.142. The Kier molecular flexibility index (Phi) is 9.46. The maximum atomic E-state index is 10.9. The van der Waals surface area contributed by atoms with Gasteiger partial charge < -0.3 is 31.1 Å². The van der Waals surface area contributed by atoms with Crippen LogP contribution in [0.3, 0.4) is 0 Å². The van der Waals surface area contributed by atoms with Gasteiger partial charge in [-0.05, 0) is 12.8 Å². The van der Waals surface area contributed by atoms with Crippen LogP contribution in [-0.2, 0) is 19.2 Å². The number of rotatable bonds is 13. The lowest BCUT2D eigenvalue weighted by Crippen LogP contribution is -2.44. The zero-order valence-electron chi connectivity index (χ0n) is 11.8. The molecule has 10 nitrogen and oxygen atoms in total. The van der Waals surface area contributed by atoms with Crippen LogP contribution in [0.1, 0.15) is 25.7 Å². The van der Waals surface area contributed by atoms with Crippen molar-refractivity contribution in [1.82, 2.24) is 10.6 Å². The van der Waals surface area contributed by atoms with E-state index >= 15 is 0 Å². The van der Waals surface area contributed by atoms with Crippen LogP contribution in [0.5, 0.6) is 0 Å². The maximum Gasteiger partial charge on any atom is 0.320 e. The van der Waals surface area contributed by atoms with Crippen LogP contribution in [-0.4, -0.2) is 69.5 Å². The number of hydrogen-bond donors (Lipinski definition) is 6. The van der Waals surface area contributed by atoms with Gasteiger partial charge in [0.2, 0.25) is 0 Å². The molecule has 0 aromatic rings. The Hall–Kier alpha value is -2.20. The van der Waals surface area contributed by atoms with E-state index in [0.29, 0.717) is 0 Å². The summed E-state index contributed by atoms with van der Waals surface area (Å²) in [6.45, 7) is 0.209. The van der Waals surface area contributed by atoms with E-state index in [-0.39, 0.29) is 38.8 Å². The van der Waals surface area contributed by atoms with Crippen LogP contribution in [0.2, 0.25) is 0 Å². The fourth-order valence-corrected chi connectivity index (χ4v) is 1.65. The van der Waals surface area contributed by atoms with Crippen molar-refractivity contribution in [1.29, 1.82) is 0 Å². The zero-order valence-corrected chi connectivity index (χ0v) is 11.8. The Balaban J connectivity index is 4.12. The molecule has 0 radical (unpaired) electrons.